The van der Waals surface area contributed by atoms with Crippen molar-refractivity contribution in [1.29, 1.82) is 0 Å². The Balaban J connectivity index is 2.43. The van der Waals surface area contributed by atoms with Crippen molar-refractivity contribution in [3.05, 3.63) is 24.3 Å². The van der Waals surface area contributed by atoms with E-state index < -0.39 is 15.4 Å². The molecule has 108 valence electrons. The van der Waals surface area contributed by atoms with Gasteiger partial charge < -0.3 is 15.6 Å². The molecule has 0 spiro atoms. The molecule has 0 amide bonds. The normalized spacial score (nSPS) is 14.9. The summed E-state index contributed by atoms with van der Waals surface area (Å²) in [7, 11) is -3.17. The molecule has 0 aromatic heterocycles. The van der Waals surface area contributed by atoms with Crippen LogP contribution in [0.15, 0.2) is 29.2 Å². The molecule has 0 aliphatic heterocycles. The Hall–Kier alpha value is -1.11. The number of sulfone groups is 1. The maximum atomic E-state index is 11.3. The highest BCUT2D eigenvalue weighted by Crippen LogP contribution is 2.17. The zero-order valence-electron chi connectivity index (χ0n) is 11.3. The van der Waals surface area contributed by atoms with E-state index in [1.165, 1.54) is 12.1 Å². The summed E-state index contributed by atoms with van der Waals surface area (Å²) in [5, 5.41) is 9.70. The summed E-state index contributed by atoms with van der Waals surface area (Å²) in [6, 6.07) is 6.27. The largest absolute Gasteiger partial charge is 0.494 e. The van der Waals surface area contributed by atoms with Crippen LogP contribution in [-0.2, 0) is 9.84 Å². The molecule has 5 nitrogen and oxygen atoms in total. The Morgan fingerprint density at radius 3 is 2.37 bits per heavy atom. The quantitative estimate of drug-likeness (QED) is 0.729. The van der Waals surface area contributed by atoms with Crippen molar-refractivity contribution in [3.8, 4) is 5.75 Å². The van der Waals surface area contributed by atoms with Crippen LogP contribution in [0.2, 0.25) is 0 Å². The first-order chi connectivity index (χ1) is 8.74. The van der Waals surface area contributed by atoms with Crippen LogP contribution in [0, 0.1) is 0 Å². The predicted octanol–water partition coefficient (Wildman–Crippen LogP) is 0.959. The highest BCUT2D eigenvalue weighted by molar-refractivity contribution is 7.90. The van der Waals surface area contributed by atoms with Gasteiger partial charge in [0.05, 0.1) is 17.1 Å². The van der Waals surface area contributed by atoms with Crippen LogP contribution in [0.1, 0.15) is 19.8 Å². The Morgan fingerprint density at radius 1 is 1.32 bits per heavy atom. The Morgan fingerprint density at radius 2 is 1.89 bits per heavy atom. The maximum Gasteiger partial charge on any atom is 0.175 e. The highest BCUT2D eigenvalue weighted by atomic mass is 32.2. The fourth-order valence-electron chi connectivity index (χ4n) is 1.53. The Labute approximate surface area is 114 Å². The molecule has 19 heavy (non-hydrogen) atoms. The summed E-state index contributed by atoms with van der Waals surface area (Å²) in [5.74, 6) is 0.611. The molecular formula is C13H21NO4S. The fraction of sp³-hybridized carbons (Fsp3) is 0.538. The van der Waals surface area contributed by atoms with Crippen molar-refractivity contribution in [1.82, 2.24) is 0 Å². The zero-order chi connectivity index (χ0) is 14.5. The van der Waals surface area contributed by atoms with Gasteiger partial charge in [-0.15, -0.1) is 0 Å². The molecule has 3 N–H and O–H groups in total. The summed E-state index contributed by atoms with van der Waals surface area (Å²) >= 11 is 0. The van der Waals surface area contributed by atoms with Gasteiger partial charge in [0.25, 0.3) is 0 Å². The van der Waals surface area contributed by atoms with E-state index in [9.17, 15) is 13.5 Å². The summed E-state index contributed by atoms with van der Waals surface area (Å²) in [6.45, 7) is 2.36. The summed E-state index contributed by atoms with van der Waals surface area (Å²) in [6.07, 6.45) is 2.40. The minimum atomic E-state index is -3.17. The zero-order valence-corrected chi connectivity index (χ0v) is 12.1. The molecule has 0 aliphatic carbocycles. The molecule has 0 bridgehead atoms. The second-order valence-electron chi connectivity index (χ2n) is 4.90. The molecule has 0 saturated carbocycles. The molecule has 1 aromatic carbocycles. The van der Waals surface area contributed by atoms with Crippen LogP contribution < -0.4 is 10.5 Å². The first-order valence-corrected chi connectivity index (χ1v) is 7.99. The fourth-order valence-corrected chi connectivity index (χ4v) is 2.16. The molecular weight excluding hydrogens is 266 g/mol. The molecule has 6 heteroatoms. The minimum absolute atomic E-state index is 0.218. The van der Waals surface area contributed by atoms with Gasteiger partial charge in [-0.3, -0.25) is 0 Å². The van der Waals surface area contributed by atoms with E-state index in [-0.39, 0.29) is 11.4 Å². The van der Waals surface area contributed by atoms with Crippen LogP contribution in [0.3, 0.4) is 0 Å². The van der Waals surface area contributed by atoms with Crippen molar-refractivity contribution in [2.24, 2.45) is 5.73 Å². The highest BCUT2D eigenvalue weighted by Gasteiger charge is 2.16. The lowest BCUT2D eigenvalue weighted by atomic mass is 10.0. The Bertz CT molecular complexity index is 494. The monoisotopic (exact) mass is 287 g/mol. The second kappa shape index (κ2) is 6.36. The van der Waals surface area contributed by atoms with Gasteiger partial charge in [-0.2, -0.15) is 0 Å². The van der Waals surface area contributed by atoms with Crippen molar-refractivity contribution < 1.29 is 18.3 Å². The van der Waals surface area contributed by atoms with Gasteiger partial charge in [0.1, 0.15) is 5.75 Å². The molecule has 1 atom stereocenters. The number of benzene rings is 1. The molecule has 0 heterocycles. The molecule has 0 aliphatic rings. The van der Waals surface area contributed by atoms with Crippen molar-refractivity contribution in [2.75, 3.05) is 19.4 Å². The first-order valence-electron chi connectivity index (χ1n) is 6.10. The number of hydrogen-bond acceptors (Lipinski definition) is 5. The van der Waals surface area contributed by atoms with Crippen LogP contribution in [0.5, 0.6) is 5.75 Å². The third kappa shape index (κ3) is 5.59. The van der Waals surface area contributed by atoms with E-state index in [2.05, 4.69) is 0 Å². The van der Waals surface area contributed by atoms with E-state index in [4.69, 9.17) is 10.5 Å². The number of aliphatic hydroxyl groups is 1. The number of ether oxygens (including phenoxy) is 1. The molecule has 1 aromatic rings. The molecule has 0 saturated heterocycles. The van der Waals surface area contributed by atoms with Gasteiger partial charge in [-0.25, -0.2) is 8.42 Å². The third-order valence-electron chi connectivity index (χ3n) is 2.82. The van der Waals surface area contributed by atoms with Gasteiger partial charge >= 0.3 is 0 Å². The van der Waals surface area contributed by atoms with Gasteiger partial charge in [-0.05, 0) is 44.0 Å². The van der Waals surface area contributed by atoms with Gasteiger partial charge in [0.2, 0.25) is 0 Å². The van der Waals surface area contributed by atoms with E-state index in [1.807, 2.05) is 0 Å². The van der Waals surface area contributed by atoms with Crippen LogP contribution in [0.25, 0.3) is 0 Å². The predicted molar refractivity (Wildman–Crippen MR) is 74.0 cm³/mol. The maximum absolute atomic E-state index is 11.3. The molecule has 0 fully saturated rings. The second-order valence-corrected chi connectivity index (χ2v) is 6.91. The smallest absolute Gasteiger partial charge is 0.175 e. The minimum Gasteiger partial charge on any atom is -0.494 e. The van der Waals surface area contributed by atoms with Crippen molar-refractivity contribution in [2.45, 2.75) is 30.3 Å². The van der Waals surface area contributed by atoms with Gasteiger partial charge in [0.15, 0.2) is 9.84 Å². The lowest BCUT2D eigenvalue weighted by molar-refractivity contribution is 0.0536. The standard InChI is InChI=1S/C13H21NO4S/c1-13(15,10-14)8-3-9-18-11-4-6-12(7-5-11)19(2,16)17/h4-7,15H,3,8-10,14H2,1-2H3. The summed E-state index contributed by atoms with van der Waals surface area (Å²) < 4.78 is 28.0. The molecule has 1 rings (SSSR count). The Kier molecular flexibility index (Phi) is 5.34. The SMILES string of the molecule is CC(O)(CN)CCCOc1ccc(S(C)(=O)=O)cc1. The number of rotatable bonds is 7. The average molecular weight is 287 g/mol. The van der Waals surface area contributed by atoms with Crippen LogP contribution in [-0.4, -0.2) is 38.5 Å². The van der Waals surface area contributed by atoms with Gasteiger partial charge in [-0.1, -0.05) is 0 Å². The average Bonchev–Trinajstić information content (AvgIpc) is 2.34. The lowest BCUT2D eigenvalue weighted by Crippen LogP contribution is -2.34. The topological polar surface area (TPSA) is 89.6 Å². The van der Waals surface area contributed by atoms with E-state index in [0.717, 1.165) is 6.26 Å². The van der Waals surface area contributed by atoms with E-state index in [0.29, 0.717) is 25.2 Å². The van der Waals surface area contributed by atoms with E-state index >= 15 is 0 Å². The first kappa shape index (κ1) is 15.9. The summed E-state index contributed by atoms with van der Waals surface area (Å²) in [4.78, 5) is 0.269. The molecule has 1 unspecified atom stereocenters. The van der Waals surface area contributed by atoms with Crippen molar-refractivity contribution >= 4 is 9.84 Å². The lowest BCUT2D eigenvalue weighted by Gasteiger charge is -2.20. The summed E-state index contributed by atoms with van der Waals surface area (Å²) in [5.41, 5.74) is 4.55. The number of nitrogens with two attached hydrogens (primary N) is 1. The van der Waals surface area contributed by atoms with E-state index in [1.54, 1.807) is 19.1 Å². The molecule has 0 radical (unpaired) electrons. The third-order valence-corrected chi connectivity index (χ3v) is 3.95. The van der Waals surface area contributed by atoms with Crippen LogP contribution in [0.4, 0.5) is 0 Å². The van der Waals surface area contributed by atoms with Gasteiger partial charge in [0, 0.05) is 12.8 Å². The number of hydrogen-bond donors (Lipinski definition) is 2. The van der Waals surface area contributed by atoms with Crippen LogP contribution >= 0.6 is 0 Å². The van der Waals surface area contributed by atoms with Crippen molar-refractivity contribution in [3.63, 3.8) is 0 Å².